The van der Waals surface area contributed by atoms with Crippen molar-refractivity contribution >= 4 is 27.8 Å². The molecule has 0 unspecified atom stereocenters. The molecule has 1 aromatic heterocycles. The minimum Gasteiger partial charge on any atom is -0.497 e. The maximum Gasteiger partial charge on any atom is 0.271 e. The topological polar surface area (TPSA) is 110 Å². The van der Waals surface area contributed by atoms with Crippen molar-refractivity contribution < 1.29 is 17.9 Å². The SMILES string of the molecule is COc1ccc(NS(=O)(=O)c2cccc(C(=O)N/N=C\c3ccncc3)c2)cc1. The van der Waals surface area contributed by atoms with Gasteiger partial charge in [0.25, 0.3) is 15.9 Å². The number of pyridine rings is 1. The zero-order valence-corrected chi connectivity index (χ0v) is 16.3. The zero-order chi connectivity index (χ0) is 20.7. The number of benzene rings is 2. The molecule has 3 rings (SSSR count). The van der Waals surface area contributed by atoms with Gasteiger partial charge in [-0.15, -0.1) is 0 Å². The van der Waals surface area contributed by atoms with E-state index >= 15 is 0 Å². The number of methoxy groups -OCH3 is 1. The third-order valence-corrected chi connectivity index (χ3v) is 5.21. The molecule has 1 amide bonds. The van der Waals surface area contributed by atoms with Crippen molar-refractivity contribution in [3.05, 3.63) is 84.2 Å². The Hall–Kier alpha value is -3.72. The first-order chi connectivity index (χ1) is 14.0. The fourth-order valence-corrected chi connectivity index (χ4v) is 3.46. The number of nitrogens with zero attached hydrogens (tertiary/aromatic N) is 2. The van der Waals surface area contributed by atoms with Gasteiger partial charge in [0, 0.05) is 23.6 Å². The number of ether oxygens (including phenoxy) is 1. The molecule has 0 aliphatic rings. The van der Waals surface area contributed by atoms with Crippen LogP contribution in [0.5, 0.6) is 5.75 Å². The largest absolute Gasteiger partial charge is 0.497 e. The summed E-state index contributed by atoms with van der Waals surface area (Å²) in [7, 11) is -2.34. The molecule has 0 fully saturated rings. The van der Waals surface area contributed by atoms with Gasteiger partial charge in [-0.2, -0.15) is 5.10 Å². The van der Waals surface area contributed by atoms with Gasteiger partial charge in [-0.25, -0.2) is 13.8 Å². The maximum atomic E-state index is 12.6. The van der Waals surface area contributed by atoms with Gasteiger partial charge < -0.3 is 4.74 Å². The molecule has 9 heteroatoms. The Labute approximate surface area is 168 Å². The van der Waals surface area contributed by atoms with E-state index in [1.807, 2.05) is 0 Å². The summed E-state index contributed by atoms with van der Waals surface area (Å²) in [6.07, 6.45) is 4.67. The van der Waals surface area contributed by atoms with Crippen molar-refractivity contribution in [3.8, 4) is 5.75 Å². The number of nitrogens with one attached hydrogen (secondary N) is 2. The number of carbonyl (C=O) groups is 1. The molecule has 3 aromatic rings. The van der Waals surface area contributed by atoms with E-state index in [2.05, 4.69) is 20.2 Å². The molecule has 0 aliphatic heterocycles. The normalized spacial score (nSPS) is 11.2. The molecule has 0 bridgehead atoms. The van der Waals surface area contributed by atoms with Crippen LogP contribution >= 0.6 is 0 Å². The van der Waals surface area contributed by atoms with Crippen LogP contribution in [0.2, 0.25) is 0 Å². The van der Waals surface area contributed by atoms with E-state index in [1.54, 1.807) is 48.8 Å². The highest BCUT2D eigenvalue weighted by atomic mass is 32.2. The van der Waals surface area contributed by atoms with E-state index in [9.17, 15) is 13.2 Å². The second-order valence-electron chi connectivity index (χ2n) is 5.84. The summed E-state index contributed by atoms with van der Waals surface area (Å²) >= 11 is 0. The number of carbonyl (C=O) groups excluding carboxylic acids is 1. The van der Waals surface area contributed by atoms with Crippen LogP contribution in [0.4, 0.5) is 5.69 Å². The van der Waals surface area contributed by atoms with Crippen LogP contribution in [0.25, 0.3) is 0 Å². The van der Waals surface area contributed by atoms with E-state index in [1.165, 1.54) is 37.6 Å². The summed E-state index contributed by atoms with van der Waals surface area (Å²) in [5.41, 5.74) is 3.67. The highest BCUT2D eigenvalue weighted by molar-refractivity contribution is 7.92. The fourth-order valence-electron chi connectivity index (χ4n) is 2.36. The second-order valence-corrected chi connectivity index (χ2v) is 7.52. The van der Waals surface area contributed by atoms with E-state index in [-0.39, 0.29) is 10.5 Å². The molecular weight excluding hydrogens is 392 g/mol. The summed E-state index contributed by atoms with van der Waals surface area (Å²) in [5.74, 6) is 0.0794. The molecule has 0 aliphatic carbocycles. The molecule has 8 nitrogen and oxygen atoms in total. The molecule has 0 saturated carbocycles. The van der Waals surface area contributed by atoms with Crippen LogP contribution in [0.15, 0.2) is 83.1 Å². The summed E-state index contributed by atoms with van der Waals surface area (Å²) in [4.78, 5) is 16.1. The van der Waals surface area contributed by atoms with Crippen LogP contribution in [0.1, 0.15) is 15.9 Å². The van der Waals surface area contributed by atoms with Gasteiger partial charge in [0.1, 0.15) is 5.75 Å². The van der Waals surface area contributed by atoms with Gasteiger partial charge in [0.05, 0.1) is 18.2 Å². The van der Waals surface area contributed by atoms with Crippen molar-refractivity contribution in [2.24, 2.45) is 5.10 Å². The first-order valence-electron chi connectivity index (χ1n) is 8.48. The highest BCUT2D eigenvalue weighted by Crippen LogP contribution is 2.20. The molecule has 2 N–H and O–H groups in total. The zero-order valence-electron chi connectivity index (χ0n) is 15.4. The molecule has 148 valence electrons. The van der Waals surface area contributed by atoms with E-state index in [0.717, 1.165) is 5.56 Å². The lowest BCUT2D eigenvalue weighted by atomic mass is 10.2. The summed E-state index contributed by atoms with van der Waals surface area (Å²) < 4.78 is 32.8. The van der Waals surface area contributed by atoms with Gasteiger partial charge in [-0.1, -0.05) is 6.07 Å². The molecule has 1 heterocycles. The molecule has 0 atom stereocenters. The van der Waals surface area contributed by atoms with Crippen LogP contribution in [0, 0.1) is 0 Å². The number of aromatic nitrogens is 1. The summed E-state index contributed by atoms with van der Waals surface area (Å²) in [5, 5.41) is 3.86. The van der Waals surface area contributed by atoms with Gasteiger partial charge in [0.15, 0.2) is 0 Å². The van der Waals surface area contributed by atoms with Crippen molar-refractivity contribution in [3.63, 3.8) is 0 Å². The Morgan fingerprint density at radius 2 is 1.79 bits per heavy atom. The predicted octanol–water partition coefficient (Wildman–Crippen LogP) is 2.65. The van der Waals surface area contributed by atoms with Crippen LogP contribution in [-0.4, -0.2) is 32.6 Å². The average molecular weight is 410 g/mol. The molecule has 0 radical (unpaired) electrons. The van der Waals surface area contributed by atoms with Crippen molar-refractivity contribution in [2.75, 3.05) is 11.8 Å². The Kier molecular flexibility index (Phi) is 6.20. The number of hydrogen-bond donors (Lipinski definition) is 2. The van der Waals surface area contributed by atoms with Gasteiger partial charge in [-0.05, 0) is 60.2 Å². The molecule has 2 aromatic carbocycles. The lowest BCUT2D eigenvalue weighted by Gasteiger charge is -2.09. The monoisotopic (exact) mass is 410 g/mol. The van der Waals surface area contributed by atoms with Crippen molar-refractivity contribution in [1.29, 1.82) is 0 Å². The minimum absolute atomic E-state index is 0.0425. The lowest BCUT2D eigenvalue weighted by molar-refractivity contribution is 0.0955. The number of anilines is 1. The number of hydrazone groups is 1. The summed E-state index contributed by atoms with van der Waals surface area (Å²) in [6, 6.07) is 15.6. The first-order valence-corrected chi connectivity index (χ1v) is 9.96. The van der Waals surface area contributed by atoms with Crippen molar-refractivity contribution in [1.82, 2.24) is 10.4 Å². The van der Waals surface area contributed by atoms with Gasteiger partial charge >= 0.3 is 0 Å². The second kappa shape index (κ2) is 8.98. The van der Waals surface area contributed by atoms with Gasteiger partial charge in [-0.3, -0.25) is 14.5 Å². The highest BCUT2D eigenvalue weighted by Gasteiger charge is 2.16. The number of sulfonamides is 1. The number of hydrogen-bond acceptors (Lipinski definition) is 6. The smallest absolute Gasteiger partial charge is 0.271 e. The number of amides is 1. The van der Waals surface area contributed by atoms with E-state index < -0.39 is 15.9 Å². The summed E-state index contributed by atoms with van der Waals surface area (Å²) in [6.45, 7) is 0. The Balaban J connectivity index is 1.71. The third-order valence-electron chi connectivity index (χ3n) is 3.83. The van der Waals surface area contributed by atoms with Crippen molar-refractivity contribution in [2.45, 2.75) is 4.90 Å². The Bertz CT molecular complexity index is 1110. The number of rotatable bonds is 7. The standard InChI is InChI=1S/C20H18N4O4S/c1-28-18-7-5-17(6-8-18)24-29(26,27)19-4-2-3-16(13-19)20(25)23-22-14-15-9-11-21-12-10-15/h2-14,24H,1H3,(H,23,25)/b22-14-. The molecule has 29 heavy (non-hydrogen) atoms. The van der Waals surface area contributed by atoms with E-state index in [0.29, 0.717) is 11.4 Å². The fraction of sp³-hybridized carbons (Fsp3) is 0.0500. The minimum atomic E-state index is -3.87. The maximum absolute atomic E-state index is 12.6. The third kappa shape index (κ3) is 5.39. The van der Waals surface area contributed by atoms with Crippen LogP contribution in [-0.2, 0) is 10.0 Å². The Morgan fingerprint density at radius 1 is 1.07 bits per heavy atom. The first kappa shape index (κ1) is 20.0. The molecule has 0 saturated heterocycles. The van der Waals surface area contributed by atoms with Crippen LogP contribution < -0.4 is 14.9 Å². The van der Waals surface area contributed by atoms with E-state index in [4.69, 9.17) is 4.74 Å². The van der Waals surface area contributed by atoms with Crippen LogP contribution in [0.3, 0.4) is 0 Å². The quantitative estimate of drug-likeness (QED) is 0.460. The van der Waals surface area contributed by atoms with Gasteiger partial charge in [0.2, 0.25) is 0 Å². The average Bonchev–Trinajstić information content (AvgIpc) is 2.75. The Morgan fingerprint density at radius 3 is 2.48 bits per heavy atom. The molecular formula is C20H18N4O4S. The lowest BCUT2D eigenvalue weighted by Crippen LogP contribution is -2.19. The predicted molar refractivity (Wildman–Crippen MR) is 110 cm³/mol. The molecule has 0 spiro atoms.